The van der Waals surface area contributed by atoms with E-state index in [1.807, 2.05) is 0 Å². The van der Waals surface area contributed by atoms with Crippen LogP contribution in [0.15, 0.2) is 36.4 Å². The number of benzene rings is 2. The maximum Gasteiger partial charge on any atom is 0.417 e. The van der Waals surface area contributed by atoms with E-state index in [1.54, 1.807) is 6.92 Å². The van der Waals surface area contributed by atoms with Gasteiger partial charge in [0, 0.05) is 23.7 Å². The molecule has 0 aromatic heterocycles. The third kappa shape index (κ3) is 5.12. The molecule has 0 radical (unpaired) electrons. The van der Waals surface area contributed by atoms with Gasteiger partial charge in [-0.05, 0) is 55.2 Å². The van der Waals surface area contributed by atoms with Crippen molar-refractivity contribution in [3.05, 3.63) is 52.5 Å². The number of aliphatic carboxylic acids is 1. The Morgan fingerprint density at radius 3 is 2.42 bits per heavy atom. The molecule has 1 unspecified atom stereocenters. The molecule has 31 heavy (non-hydrogen) atoms. The molecule has 1 heterocycles. The summed E-state index contributed by atoms with van der Waals surface area (Å²) in [5.74, 6) is -1.76. The minimum atomic E-state index is -4.76. The first-order valence-electron chi connectivity index (χ1n) is 9.81. The monoisotopic (exact) mass is 455 g/mol. The summed E-state index contributed by atoms with van der Waals surface area (Å²) >= 11 is 6.04. The molecule has 2 aromatic carbocycles. The summed E-state index contributed by atoms with van der Waals surface area (Å²) in [6, 6.07) is 7.70. The molecule has 0 aliphatic carbocycles. The third-order valence-corrected chi connectivity index (χ3v) is 5.35. The van der Waals surface area contributed by atoms with Gasteiger partial charge in [0.15, 0.2) is 6.10 Å². The Labute approximate surface area is 182 Å². The number of ether oxygens (including phenoxy) is 1. The number of carbonyl (C=O) groups excluding carboxylic acids is 1. The summed E-state index contributed by atoms with van der Waals surface area (Å²) in [7, 11) is 0. The van der Waals surface area contributed by atoms with Crippen LogP contribution in [0.4, 0.5) is 13.2 Å². The quantitative estimate of drug-likeness (QED) is 0.624. The predicted molar refractivity (Wildman–Crippen MR) is 109 cm³/mol. The van der Waals surface area contributed by atoms with Gasteiger partial charge in [-0.3, -0.25) is 4.79 Å². The first kappa shape index (κ1) is 22.9. The van der Waals surface area contributed by atoms with Gasteiger partial charge in [0.1, 0.15) is 5.75 Å². The van der Waals surface area contributed by atoms with Gasteiger partial charge in [0.2, 0.25) is 0 Å². The van der Waals surface area contributed by atoms with Crippen LogP contribution >= 0.6 is 11.6 Å². The fraction of sp³-hybridized carbons (Fsp3) is 0.364. The number of carboxylic acids is 1. The molecular weight excluding hydrogens is 435 g/mol. The molecule has 1 aliphatic rings. The summed E-state index contributed by atoms with van der Waals surface area (Å²) in [5.41, 5.74) is -1.15. The van der Waals surface area contributed by atoms with Gasteiger partial charge in [-0.25, -0.2) is 4.79 Å². The van der Waals surface area contributed by atoms with E-state index in [4.69, 9.17) is 16.3 Å². The largest absolute Gasteiger partial charge is 0.479 e. The second kappa shape index (κ2) is 9.18. The van der Waals surface area contributed by atoms with Crippen LogP contribution in [0.5, 0.6) is 5.75 Å². The zero-order valence-corrected chi connectivity index (χ0v) is 17.5. The molecule has 1 amide bonds. The molecule has 1 aliphatic heterocycles. The van der Waals surface area contributed by atoms with Crippen LogP contribution in [0.25, 0.3) is 11.1 Å². The molecule has 1 fully saturated rings. The minimum absolute atomic E-state index is 0.0883. The molecular formula is C22H21ClF3NO4. The number of amides is 1. The maximum atomic E-state index is 13.8. The second-order valence-electron chi connectivity index (χ2n) is 7.25. The fourth-order valence-corrected chi connectivity index (χ4v) is 3.69. The topological polar surface area (TPSA) is 66.8 Å². The number of rotatable bonds is 6. The Hall–Kier alpha value is -2.74. The molecule has 1 atom stereocenters. The molecule has 3 rings (SSSR count). The fourth-order valence-electron chi connectivity index (χ4n) is 3.52. The van der Waals surface area contributed by atoms with Crippen molar-refractivity contribution in [3.63, 3.8) is 0 Å². The Morgan fingerprint density at radius 1 is 1.16 bits per heavy atom. The minimum Gasteiger partial charge on any atom is -0.479 e. The molecule has 5 nitrogen and oxygen atoms in total. The smallest absolute Gasteiger partial charge is 0.417 e. The molecule has 166 valence electrons. The highest BCUT2D eigenvalue weighted by Crippen LogP contribution is 2.39. The van der Waals surface area contributed by atoms with Crippen molar-refractivity contribution >= 4 is 23.5 Å². The van der Waals surface area contributed by atoms with Gasteiger partial charge >= 0.3 is 12.1 Å². The normalized spacial score (nSPS) is 15.1. The summed E-state index contributed by atoms with van der Waals surface area (Å²) in [6.45, 7) is 2.48. The average Bonchev–Trinajstić information content (AvgIpc) is 3.26. The van der Waals surface area contributed by atoms with Crippen LogP contribution in [0.3, 0.4) is 0 Å². The molecule has 1 saturated heterocycles. The Kier molecular flexibility index (Phi) is 6.79. The van der Waals surface area contributed by atoms with E-state index in [-0.39, 0.29) is 28.3 Å². The van der Waals surface area contributed by atoms with Crippen molar-refractivity contribution in [1.29, 1.82) is 0 Å². The van der Waals surface area contributed by atoms with Gasteiger partial charge < -0.3 is 14.7 Å². The summed E-state index contributed by atoms with van der Waals surface area (Å²) < 4.78 is 47.0. The lowest BCUT2D eigenvalue weighted by atomic mass is 9.97. The first-order valence-corrected chi connectivity index (χ1v) is 10.2. The van der Waals surface area contributed by atoms with E-state index < -0.39 is 35.3 Å². The van der Waals surface area contributed by atoms with Crippen LogP contribution in [-0.2, 0) is 11.0 Å². The predicted octanol–water partition coefficient (Wildman–Crippen LogP) is 5.50. The van der Waals surface area contributed by atoms with Gasteiger partial charge in [-0.1, -0.05) is 24.6 Å². The molecule has 2 aromatic rings. The van der Waals surface area contributed by atoms with Gasteiger partial charge in [0.25, 0.3) is 5.91 Å². The van der Waals surface area contributed by atoms with E-state index in [2.05, 4.69) is 0 Å². The van der Waals surface area contributed by atoms with Crippen molar-refractivity contribution in [2.75, 3.05) is 13.1 Å². The number of halogens is 4. The van der Waals surface area contributed by atoms with Gasteiger partial charge in [-0.2, -0.15) is 13.2 Å². The number of alkyl halides is 3. The Bertz CT molecular complexity index is 987. The number of likely N-dealkylation sites (tertiary alicyclic amines) is 1. The van der Waals surface area contributed by atoms with Gasteiger partial charge in [0.05, 0.1) is 11.1 Å². The van der Waals surface area contributed by atoms with E-state index in [0.717, 1.165) is 25.0 Å². The number of nitrogens with zero attached hydrogens (tertiary/aromatic N) is 1. The molecule has 0 spiro atoms. The zero-order valence-electron chi connectivity index (χ0n) is 16.7. The number of carboxylic acid groups (broad SMARTS) is 1. The van der Waals surface area contributed by atoms with E-state index in [1.165, 1.54) is 29.2 Å². The zero-order chi connectivity index (χ0) is 22.8. The highest BCUT2D eigenvalue weighted by atomic mass is 35.5. The van der Waals surface area contributed by atoms with Crippen LogP contribution in [0.2, 0.25) is 5.02 Å². The van der Waals surface area contributed by atoms with Crippen molar-refractivity contribution in [1.82, 2.24) is 4.90 Å². The van der Waals surface area contributed by atoms with Crippen LogP contribution < -0.4 is 4.74 Å². The Balaban J connectivity index is 2.08. The van der Waals surface area contributed by atoms with Crippen LogP contribution in [-0.4, -0.2) is 41.1 Å². The van der Waals surface area contributed by atoms with Crippen LogP contribution in [0.1, 0.15) is 42.1 Å². The average molecular weight is 456 g/mol. The number of hydrogen-bond acceptors (Lipinski definition) is 3. The van der Waals surface area contributed by atoms with Crippen LogP contribution in [0, 0.1) is 0 Å². The highest BCUT2D eigenvalue weighted by molar-refractivity contribution is 6.31. The third-order valence-electron chi connectivity index (χ3n) is 5.12. The van der Waals surface area contributed by atoms with E-state index in [0.29, 0.717) is 13.1 Å². The molecule has 0 saturated carbocycles. The highest BCUT2D eigenvalue weighted by Gasteiger charge is 2.37. The van der Waals surface area contributed by atoms with Crippen molar-refractivity contribution in [2.24, 2.45) is 0 Å². The lowest BCUT2D eigenvalue weighted by molar-refractivity contribution is -0.145. The standard InChI is InChI=1S/C22H21ClF3NO4/c1-2-18(21(29)30)31-19-8-6-14(23)12-16(19)13-5-7-15(17(11-13)22(24,25)26)20(28)27-9-3-4-10-27/h5-8,11-12,18H,2-4,9-10H2,1H3,(H,29,30). The SMILES string of the molecule is CCC(Oc1ccc(Cl)cc1-c1ccc(C(=O)N2CCCC2)c(C(F)(F)F)c1)C(=O)O. The lowest BCUT2D eigenvalue weighted by Gasteiger charge is -2.21. The maximum absolute atomic E-state index is 13.8. The summed E-state index contributed by atoms with van der Waals surface area (Å²) in [4.78, 5) is 25.4. The second-order valence-corrected chi connectivity index (χ2v) is 7.69. The summed E-state index contributed by atoms with van der Waals surface area (Å²) in [5, 5.41) is 9.51. The Morgan fingerprint density at radius 2 is 1.84 bits per heavy atom. The lowest BCUT2D eigenvalue weighted by Crippen LogP contribution is -2.29. The molecule has 1 N–H and O–H groups in total. The van der Waals surface area contributed by atoms with Crippen molar-refractivity contribution in [2.45, 2.75) is 38.5 Å². The van der Waals surface area contributed by atoms with Crippen molar-refractivity contribution in [3.8, 4) is 16.9 Å². The van der Waals surface area contributed by atoms with Gasteiger partial charge in [-0.15, -0.1) is 0 Å². The summed E-state index contributed by atoms with van der Waals surface area (Å²) in [6.07, 6.45) is -4.24. The van der Waals surface area contributed by atoms with E-state index >= 15 is 0 Å². The molecule has 0 bridgehead atoms. The first-order chi connectivity index (χ1) is 14.6. The number of hydrogen-bond donors (Lipinski definition) is 1. The van der Waals surface area contributed by atoms with Crippen molar-refractivity contribution < 1.29 is 32.6 Å². The van der Waals surface area contributed by atoms with E-state index in [9.17, 15) is 27.9 Å². The molecule has 9 heteroatoms. The number of carbonyl (C=O) groups is 2.